The van der Waals surface area contributed by atoms with Crippen LogP contribution < -0.4 is 4.90 Å². The molecule has 96 valence electrons. The summed E-state index contributed by atoms with van der Waals surface area (Å²) in [4.78, 5) is 13.9. The van der Waals surface area contributed by atoms with Crippen LogP contribution in [0.25, 0.3) is 0 Å². The molecule has 1 saturated heterocycles. The summed E-state index contributed by atoms with van der Waals surface area (Å²) in [5.41, 5.74) is 1.69. The maximum Gasteiger partial charge on any atom is 0.229 e. The van der Waals surface area contributed by atoms with Crippen molar-refractivity contribution >= 4 is 11.6 Å². The van der Waals surface area contributed by atoms with Crippen LogP contribution >= 0.6 is 0 Å². The highest BCUT2D eigenvalue weighted by Gasteiger charge is 2.33. The van der Waals surface area contributed by atoms with Crippen LogP contribution in [-0.4, -0.2) is 17.6 Å². The highest BCUT2D eigenvalue weighted by atomic mass is 16.3. The Hall–Kier alpha value is -1.77. The first-order valence-electron chi connectivity index (χ1n) is 6.25. The average molecular weight is 245 g/mol. The van der Waals surface area contributed by atoms with Crippen LogP contribution in [0.15, 0.2) is 36.4 Å². The number of rotatable bonds is 2. The number of anilines is 1. The minimum atomic E-state index is -0.0277. The summed E-state index contributed by atoms with van der Waals surface area (Å²) in [6, 6.07) is 6.97. The highest BCUT2D eigenvalue weighted by molar-refractivity contribution is 5.97. The lowest BCUT2D eigenvalue weighted by Crippen LogP contribution is -2.44. The molecule has 1 heterocycles. The Bertz CT molecular complexity index is 481. The van der Waals surface area contributed by atoms with Gasteiger partial charge in [-0.1, -0.05) is 31.2 Å². The van der Waals surface area contributed by atoms with Crippen molar-refractivity contribution in [1.29, 1.82) is 0 Å². The predicted molar refractivity (Wildman–Crippen MR) is 72.5 cm³/mol. The molecule has 2 atom stereocenters. The van der Waals surface area contributed by atoms with Gasteiger partial charge in [-0.25, -0.2) is 0 Å². The summed E-state index contributed by atoms with van der Waals surface area (Å²) >= 11 is 0. The Morgan fingerprint density at radius 1 is 1.44 bits per heavy atom. The highest BCUT2D eigenvalue weighted by Crippen LogP contribution is 2.34. The van der Waals surface area contributed by atoms with E-state index >= 15 is 0 Å². The molecule has 2 rings (SSSR count). The molecule has 3 heteroatoms. The van der Waals surface area contributed by atoms with Gasteiger partial charge in [0, 0.05) is 12.5 Å². The smallest absolute Gasteiger partial charge is 0.229 e. The van der Waals surface area contributed by atoms with Gasteiger partial charge in [0.05, 0.1) is 5.69 Å². The van der Waals surface area contributed by atoms with E-state index in [1.165, 1.54) is 0 Å². The second-order valence-corrected chi connectivity index (χ2v) is 5.12. The monoisotopic (exact) mass is 245 g/mol. The zero-order valence-corrected chi connectivity index (χ0v) is 10.9. The van der Waals surface area contributed by atoms with Crippen LogP contribution in [0.2, 0.25) is 0 Å². The number of phenols is 1. The van der Waals surface area contributed by atoms with Crippen LogP contribution in [0, 0.1) is 11.8 Å². The molecule has 0 spiro atoms. The maximum absolute atomic E-state index is 12.2. The number of carbonyl (C=O) groups is 1. The first-order chi connectivity index (χ1) is 8.50. The molecule has 18 heavy (non-hydrogen) atoms. The lowest BCUT2D eigenvalue weighted by atomic mass is 9.85. The molecule has 1 fully saturated rings. The first-order valence-corrected chi connectivity index (χ1v) is 6.25. The molecule has 1 aliphatic heterocycles. The molecular weight excluding hydrogens is 226 g/mol. The standard InChI is InChI=1S/C15H19NO2/c1-10(2)12-8-11(3)15(18)16(9-12)13-6-4-5-7-14(13)17/h4-7,11-12,17H,1,8-9H2,2-3H3. The molecule has 0 aromatic heterocycles. The van der Waals surface area contributed by atoms with Crippen molar-refractivity contribution in [2.75, 3.05) is 11.4 Å². The van der Waals surface area contributed by atoms with Crippen LogP contribution in [-0.2, 0) is 4.79 Å². The number of carbonyl (C=O) groups excluding carboxylic acids is 1. The minimum absolute atomic E-state index is 0.0277. The van der Waals surface area contributed by atoms with Crippen LogP contribution in [0.1, 0.15) is 20.3 Å². The average Bonchev–Trinajstić information content (AvgIpc) is 2.33. The van der Waals surface area contributed by atoms with E-state index in [2.05, 4.69) is 6.58 Å². The molecule has 1 aromatic carbocycles. The molecule has 0 saturated carbocycles. The van der Waals surface area contributed by atoms with Crippen molar-refractivity contribution < 1.29 is 9.90 Å². The van der Waals surface area contributed by atoms with Gasteiger partial charge < -0.3 is 10.0 Å². The summed E-state index contributed by atoms with van der Waals surface area (Å²) in [6.45, 7) is 8.53. The molecule has 3 nitrogen and oxygen atoms in total. The summed E-state index contributed by atoms with van der Waals surface area (Å²) in [5.74, 6) is 0.506. The van der Waals surface area contributed by atoms with Gasteiger partial charge in [-0.2, -0.15) is 0 Å². The number of hydrogen-bond donors (Lipinski definition) is 1. The third-order valence-electron chi connectivity index (χ3n) is 3.60. The fourth-order valence-electron chi connectivity index (χ4n) is 2.45. The fourth-order valence-corrected chi connectivity index (χ4v) is 2.45. The number of amides is 1. The number of aromatic hydroxyl groups is 1. The predicted octanol–water partition coefficient (Wildman–Crippen LogP) is 2.96. The number of para-hydroxylation sites is 2. The lowest BCUT2D eigenvalue weighted by Gasteiger charge is -2.36. The lowest BCUT2D eigenvalue weighted by molar-refractivity contribution is -0.123. The van der Waals surface area contributed by atoms with E-state index in [9.17, 15) is 9.90 Å². The molecular formula is C15H19NO2. The zero-order chi connectivity index (χ0) is 13.3. The SMILES string of the molecule is C=C(C)C1CC(C)C(=O)N(c2ccccc2O)C1. The van der Waals surface area contributed by atoms with E-state index in [1.54, 1.807) is 23.1 Å². The topological polar surface area (TPSA) is 40.5 Å². The van der Waals surface area contributed by atoms with Crippen molar-refractivity contribution in [3.63, 3.8) is 0 Å². The molecule has 1 aliphatic rings. The number of nitrogens with zero attached hydrogens (tertiary/aromatic N) is 1. The molecule has 1 N–H and O–H groups in total. The van der Waals surface area contributed by atoms with Gasteiger partial charge in [-0.15, -0.1) is 0 Å². The van der Waals surface area contributed by atoms with E-state index in [0.29, 0.717) is 18.2 Å². The van der Waals surface area contributed by atoms with Gasteiger partial charge in [0.1, 0.15) is 5.75 Å². The van der Waals surface area contributed by atoms with E-state index < -0.39 is 0 Å². The van der Waals surface area contributed by atoms with E-state index in [1.807, 2.05) is 19.9 Å². The van der Waals surface area contributed by atoms with Crippen molar-refractivity contribution in [2.24, 2.45) is 11.8 Å². The Kier molecular flexibility index (Phi) is 3.41. The van der Waals surface area contributed by atoms with Crippen molar-refractivity contribution in [1.82, 2.24) is 0 Å². The van der Waals surface area contributed by atoms with E-state index in [4.69, 9.17) is 0 Å². The summed E-state index contributed by atoms with van der Waals surface area (Å²) in [5, 5.41) is 9.88. The Labute approximate surface area is 108 Å². The Balaban J connectivity index is 2.33. The molecule has 0 aliphatic carbocycles. The third kappa shape index (κ3) is 2.26. The second-order valence-electron chi connectivity index (χ2n) is 5.12. The number of benzene rings is 1. The van der Waals surface area contributed by atoms with Gasteiger partial charge in [-0.05, 0) is 31.4 Å². The summed E-state index contributed by atoms with van der Waals surface area (Å²) in [7, 11) is 0. The second kappa shape index (κ2) is 4.84. The van der Waals surface area contributed by atoms with Crippen molar-refractivity contribution in [3.05, 3.63) is 36.4 Å². The van der Waals surface area contributed by atoms with Gasteiger partial charge in [0.15, 0.2) is 0 Å². The van der Waals surface area contributed by atoms with Gasteiger partial charge in [0.25, 0.3) is 0 Å². The van der Waals surface area contributed by atoms with Gasteiger partial charge >= 0.3 is 0 Å². The molecule has 0 radical (unpaired) electrons. The Morgan fingerprint density at radius 2 is 2.11 bits per heavy atom. The zero-order valence-electron chi connectivity index (χ0n) is 10.9. The van der Waals surface area contributed by atoms with Crippen LogP contribution in [0.5, 0.6) is 5.75 Å². The van der Waals surface area contributed by atoms with Gasteiger partial charge in [0.2, 0.25) is 5.91 Å². The fraction of sp³-hybridized carbons (Fsp3) is 0.400. The molecule has 0 bridgehead atoms. The summed E-state index contributed by atoms with van der Waals surface area (Å²) < 4.78 is 0. The number of phenolic OH excluding ortho intramolecular Hbond substituents is 1. The van der Waals surface area contributed by atoms with Gasteiger partial charge in [-0.3, -0.25) is 4.79 Å². The van der Waals surface area contributed by atoms with Crippen molar-refractivity contribution in [2.45, 2.75) is 20.3 Å². The normalized spacial score (nSPS) is 24.1. The first kappa shape index (κ1) is 12.7. The molecule has 1 aromatic rings. The number of piperidine rings is 1. The number of hydrogen-bond acceptors (Lipinski definition) is 2. The van der Waals surface area contributed by atoms with Crippen LogP contribution in [0.3, 0.4) is 0 Å². The Morgan fingerprint density at radius 3 is 2.72 bits per heavy atom. The summed E-state index contributed by atoms with van der Waals surface area (Å²) in [6.07, 6.45) is 0.845. The maximum atomic E-state index is 12.2. The molecule has 2 unspecified atom stereocenters. The van der Waals surface area contributed by atoms with E-state index in [0.717, 1.165) is 12.0 Å². The molecule has 1 amide bonds. The minimum Gasteiger partial charge on any atom is -0.506 e. The van der Waals surface area contributed by atoms with Crippen LogP contribution in [0.4, 0.5) is 5.69 Å². The van der Waals surface area contributed by atoms with E-state index in [-0.39, 0.29) is 17.6 Å². The third-order valence-corrected chi connectivity index (χ3v) is 3.60. The largest absolute Gasteiger partial charge is 0.506 e. The quantitative estimate of drug-likeness (QED) is 0.814. The van der Waals surface area contributed by atoms with Crippen molar-refractivity contribution in [3.8, 4) is 5.75 Å².